The highest BCUT2D eigenvalue weighted by Crippen LogP contribution is 2.64. The van der Waals surface area contributed by atoms with Gasteiger partial charge in [-0.3, -0.25) is 4.79 Å². The van der Waals surface area contributed by atoms with Crippen LogP contribution in [-0.4, -0.2) is 17.0 Å². The Kier molecular flexibility index (Phi) is 3.58. The van der Waals surface area contributed by atoms with Crippen molar-refractivity contribution in [1.29, 1.82) is 10.5 Å². The lowest BCUT2D eigenvalue weighted by atomic mass is 9.45. The number of hydrogen-bond donors (Lipinski definition) is 1. The number of nitrogens with zero attached hydrogens (tertiary/aromatic N) is 2. The first-order chi connectivity index (χ1) is 11.7. The normalized spacial score (nSPS) is 38.6. The standard InChI is InChI=1S/C21H20N2O2/c1-5-21-7-6-16-19(2,3)18(25)14(12-23)9-20(16,4)17(21)8-15(24)13(10-21)11-22/h1,8-10,16,18,25H,6-7H2,2-4H3/t16?,18?,20-,21-/m0/s1. The van der Waals surface area contributed by atoms with Gasteiger partial charge in [0, 0.05) is 5.41 Å². The number of hydrogen-bond acceptors (Lipinski definition) is 4. The van der Waals surface area contributed by atoms with Gasteiger partial charge in [-0.25, -0.2) is 0 Å². The van der Waals surface area contributed by atoms with Crippen LogP contribution in [0.25, 0.3) is 0 Å². The molecule has 0 bridgehead atoms. The van der Waals surface area contributed by atoms with E-state index < -0.39 is 22.3 Å². The number of carbonyl (C=O) groups is 1. The third-order valence-electron chi connectivity index (χ3n) is 6.40. The van der Waals surface area contributed by atoms with Crippen LogP contribution in [0.4, 0.5) is 0 Å². The van der Waals surface area contributed by atoms with Gasteiger partial charge in [-0.2, -0.15) is 10.5 Å². The summed E-state index contributed by atoms with van der Waals surface area (Å²) >= 11 is 0. The zero-order chi connectivity index (χ0) is 18.6. The molecule has 0 aliphatic heterocycles. The minimum absolute atomic E-state index is 0.0321. The number of rotatable bonds is 0. The molecule has 4 atom stereocenters. The number of aliphatic hydroxyl groups excluding tert-OH is 1. The highest BCUT2D eigenvalue weighted by molar-refractivity contribution is 6.09. The molecule has 1 saturated carbocycles. The minimum Gasteiger partial charge on any atom is -0.387 e. The average Bonchev–Trinajstić information content (AvgIpc) is 2.58. The quantitative estimate of drug-likeness (QED) is 0.691. The van der Waals surface area contributed by atoms with E-state index in [1.807, 2.05) is 26.8 Å². The monoisotopic (exact) mass is 332 g/mol. The molecule has 1 fully saturated rings. The largest absolute Gasteiger partial charge is 0.387 e. The lowest BCUT2D eigenvalue weighted by molar-refractivity contribution is -0.111. The second-order valence-corrected chi connectivity index (χ2v) is 8.02. The van der Waals surface area contributed by atoms with Crippen molar-refractivity contribution in [2.75, 3.05) is 0 Å². The maximum absolute atomic E-state index is 12.4. The molecule has 0 saturated heterocycles. The number of nitriles is 2. The minimum atomic E-state index is -0.848. The molecule has 126 valence electrons. The van der Waals surface area contributed by atoms with E-state index in [0.29, 0.717) is 12.0 Å². The first kappa shape index (κ1) is 17.2. The van der Waals surface area contributed by atoms with Gasteiger partial charge in [0.25, 0.3) is 0 Å². The van der Waals surface area contributed by atoms with Crippen LogP contribution in [0, 0.1) is 57.2 Å². The predicted octanol–water partition coefficient (Wildman–Crippen LogP) is 2.83. The van der Waals surface area contributed by atoms with Gasteiger partial charge >= 0.3 is 0 Å². The van der Waals surface area contributed by atoms with E-state index in [2.05, 4.69) is 12.0 Å². The predicted molar refractivity (Wildman–Crippen MR) is 92.4 cm³/mol. The summed E-state index contributed by atoms with van der Waals surface area (Å²) in [5, 5.41) is 29.3. The van der Waals surface area contributed by atoms with E-state index >= 15 is 0 Å². The van der Waals surface area contributed by atoms with Crippen molar-refractivity contribution in [3.63, 3.8) is 0 Å². The van der Waals surface area contributed by atoms with Crippen molar-refractivity contribution >= 4 is 5.78 Å². The number of allylic oxidation sites excluding steroid dienone is 5. The molecule has 0 radical (unpaired) electrons. The molecular formula is C21H20N2O2. The van der Waals surface area contributed by atoms with Gasteiger partial charge in [0.1, 0.15) is 6.07 Å². The lowest BCUT2D eigenvalue weighted by Gasteiger charge is -2.58. The third-order valence-corrected chi connectivity index (χ3v) is 6.40. The molecule has 3 aliphatic carbocycles. The Bertz CT molecular complexity index is 884. The highest BCUT2D eigenvalue weighted by Gasteiger charge is 2.59. The average molecular weight is 332 g/mol. The summed E-state index contributed by atoms with van der Waals surface area (Å²) in [7, 11) is 0. The first-order valence-corrected chi connectivity index (χ1v) is 8.35. The Morgan fingerprint density at radius 1 is 1.24 bits per heavy atom. The number of carbonyl (C=O) groups excluding carboxylic acids is 1. The number of aliphatic hydroxyl groups is 1. The molecule has 0 heterocycles. The lowest BCUT2D eigenvalue weighted by Crippen LogP contribution is -2.54. The van der Waals surface area contributed by atoms with E-state index in [9.17, 15) is 20.4 Å². The van der Waals surface area contributed by atoms with Crippen LogP contribution in [0.5, 0.6) is 0 Å². The number of fused-ring (bicyclic) bond motifs is 3. The highest BCUT2D eigenvalue weighted by atomic mass is 16.3. The van der Waals surface area contributed by atoms with Crippen molar-refractivity contribution in [1.82, 2.24) is 0 Å². The van der Waals surface area contributed by atoms with Gasteiger partial charge in [0.15, 0.2) is 5.78 Å². The number of ketones is 1. The van der Waals surface area contributed by atoms with Crippen LogP contribution in [0.15, 0.2) is 34.9 Å². The van der Waals surface area contributed by atoms with Crippen molar-refractivity contribution in [2.24, 2.45) is 22.2 Å². The van der Waals surface area contributed by atoms with Gasteiger partial charge in [0.05, 0.1) is 28.7 Å². The van der Waals surface area contributed by atoms with Gasteiger partial charge in [-0.15, -0.1) is 6.42 Å². The zero-order valence-corrected chi connectivity index (χ0v) is 14.6. The Hall–Kier alpha value is -2.61. The van der Waals surface area contributed by atoms with Crippen LogP contribution in [-0.2, 0) is 4.79 Å². The van der Waals surface area contributed by atoms with E-state index in [1.165, 1.54) is 6.08 Å². The molecule has 4 heteroatoms. The van der Waals surface area contributed by atoms with E-state index in [0.717, 1.165) is 12.0 Å². The molecule has 0 spiro atoms. The van der Waals surface area contributed by atoms with Crippen LogP contribution in [0.2, 0.25) is 0 Å². The molecule has 0 amide bonds. The zero-order valence-electron chi connectivity index (χ0n) is 14.6. The molecule has 0 aromatic carbocycles. The molecule has 2 unspecified atom stereocenters. The topological polar surface area (TPSA) is 84.9 Å². The van der Waals surface area contributed by atoms with Crippen LogP contribution in [0.3, 0.4) is 0 Å². The van der Waals surface area contributed by atoms with Crippen LogP contribution < -0.4 is 0 Å². The fourth-order valence-electron chi connectivity index (χ4n) is 5.12. The Balaban J connectivity index is 2.29. The maximum atomic E-state index is 12.4. The smallest absolute Gasteiger partial charge is 0.196 e. The van der Waals surface area contributed by atoms with Gasteiger partial charge in [-0.1, -0.05) is 32.8 Å². The van der Waals surface area contributed by atoms with Gasteiger partial charge in [0.2, 0.25) is 0 Å². The van der Waals surface area contributed by atoms with Crippen LogP contribution in [0.1, 0.15) is 33.6 Å². The van der Waals surface area contributed by atoms with E-state index in [1.54, 1.807) is 12.2 Å². The second kappa shape index (κ2) is 5.19. The molecule has 4 nitrogen and oxygen atoms in total. The SMILES string of the molecule is C#C[C@]12C=C(C#N)C(=O)C=C1[C@@]1(C)C=C(C#N)C(O)C(C)(C)C1CC2. The second-order valence-electron chi connectivity index (χ2n) is 8.02. The van der Waals surface area contributed by atoms with Crippen LogP contribution >= 0.6 is 0 Å². The van der Waals surface area contributed by atoms with Gasteiger partial charge in [-0.05, 0) is 41.9 Å². The van der Waals surface area contributed by atoms with Crippen molar-refractivity contribution < 1.29 is 9.90 Å². The molecule has 3 aliphatic rings. The Morgan fingerprint density at radius 3 is 2.48 bits per heavy atom. The summed E-state index contributed by atoms with van der Waals surface area (Å²) in [6, 6.07) is 4.04. The summed E-state index contributed by atoms with van der Waals surface area (Å²) in [5.74, 6) is 2.50. The molecule has 1 N–H and O–H groups in total. The maximum Gasteiger partial charge on any atom is 0.196 e. The molecular weight excluding hydrogens is 312 g/mol. The Morgan fingerprint density at radius 2 is 1.92 bits per heavy atom. The van der Waals surface area contributed by atoms with Crippen molar-refractivity contribution in [3.05, 3.63) is 34.9 Å². The van der Waals surface area contributed by atoms with Gasteiger partial charge < -0.3 is 5.11 Å². The third kappa shape index (κ3) is 2.07. The summed E-state index contributed by atoms with van der Waals surface area (Å²) in [6.45, 7) is 5.89. The molecule has 3 rings (SSSR count). The Labute approximate surface area is 148 Å². The summed E-state index contributed by atoms with van der Waals surface area (Å²) < 4.78 is 0. The summed E-state index contributed by atoms with van der Waals surface area (Å²) in [6.07, 6.45) is 11.2. The van der Waals surface area contributed by atoms with Crippen molar-refractivity contribution in [3.8, 4) is 24.5 Å². The van der Waals surface area contributed by atoms with Crippen molar-refractivity contribution in [2.45, 2.75) is 39.7 Å². The molecule has 0 aromatic heterocycles. The molecule has 0 aromatic rings. The van der Waals surface area contributed by atoms with E-state index in [-0.39, 0.29) is 17.3 Å². The summed E-state index contributed by atoms with van der Waals surface area (Å²) in [4.78, 5) is 12.4. The fourth-order valence-corrected chi connectivity index (χ4v) is 5.12. The van der Waals surface area contributed by atoms with E-state index in [4.69, 9.17) is 6.42 Å². The fraction of sp³-hybridized carbons (Fsp3) is 0.476. The molecule has 25 heavy (non-hydrogen) atoms. The summed E-state index contributed by atoms with van der Waals surface area (Å²) in [5.41, 5.74) is -0.803. The number of terminal acetylenes is 1. The first-order valence-electron chi connectivity index (χ1n) is 8.35.